The van der Waals surface area contributed by atoms with Crippen molar-refractivity contribution in [3.63, 3.8) is 0 Å². The van der Waals surface area contributed by atoms with Gasteiger partial charge in [-0.05, 0) is 25.0 Å². The second-order valence-electron chi connectivity index (χ2n) is 4.74. The monoisotopic (exact) mass is 244 g/mol. The third kappa shape index (κ3) is 2.08. The minimum absolute atomic E-state index is 0.153. The first kappa shape index (κ1) is 11.2. The van der Waals surface area contributed by atoms with Crippen LogP contribution in [-0.2, 0) is 11.3 Å². The Bertz CT molecular complexity index is 557. The van der Waals surface area contributed by atoms with Crippen LogP contribution in [0, 0.1) is 5.92 Å². The molecule has 2 aromatic rings. The summed E-state index contributed by atoms with van der Waals surface area (Å²) in [6.45, 7) is 0.445. The van der Waals surface area contributed by atoms with Crippen LogP contribution in [0.3, 0.4) is 0 Å². The largest absolute Gasteiger partial charge is 0.349 e. The molecule has 0 unspecified atom stereocenters. The van der Waals surface area contributed by atoms with Crippen molar-refractivity contribution in [1.29, 1.82) is 0 Å². The molecule has 18 heavy (non-hydrogen) atoms. The second-order valence-corrected chi connectivity index (χ2v) is 4.74. The fraction of sp³-hybridized carbons (Fsp3) is 0.462. The molecule has 2 aromatic heterocycles. The zero-order valence-electron chi connectivity index (χ0n) is 10.2. The van der Waals surface area contributed by atoms with E-state index in [0.717, 1.165) is 24.3 Å². The zero-order chi connectivity index (χ0) is 12.4. The predicted molar refractivity (Wildman–Crippen MR) is 66.8 cm³/mol. The summed E-state index contributed by atoms with van der Waals surface area (Å²) < 4.78 is 1.90. The molecule has 0 spiro atoms. The van der Waals surface area contributed by atoms with Gasteiger partial charge in [0.25, 0.3) is 0 Å². The summed E-state index contributed by atoms with van der Waals surface area (Å²) in [5.41, 5.74) is 0.808. The number of nitrogens with zero attached hydrogens (tertiary/aromatic N) is 3. The third-order valence-electron chi connectivity index (χ3n) is 3.53. The number of aromatic nitrogens is 3. The van der Waals surface area contributed by atoms with Gasteiger partial charge in [-0.1, -0.05) is 18.9 Å². The summed E-state index contributed by atoms with van der Waals surface area (Å²) in [6.07, 6.45) is 6.29. The molecule has 94 valence electrons. The highest BCUT2D eigenvalue weighted by atomic mass is 16.1. The van der Waals surface area contributed by atoms with E-state index in [1.807, 2.05) is 28.8 Å². The van der Waals surface area contributed by atoms with Crippen molar-refractivity contribution in [1.82, 2.24) is 19.9 Å². The lowest BCUT2D eigenvalue weighted by atomic mass is 10.1. The van der Waals surface area contributed by atoms with Crippen LogP contribution in [0.1, 0.15) is 31.5 Å². The SMILES string of the molecule is O=C(NCc1nnc2ccccn12)C1CCCC1. The minimum Gasteiger partial charge on any atom is -0.349 e. The fourth-order valence-corrected chi connectivity index (χ4v) is 2.51. The molecule has 1 amide bonds. The van der Waals surface area contributed by atoms with Gasteiger partial charge in [0, 0.05) is 12.1 Å². The maximum Gasteiger partial charge on any atom is 0.223 e. The Morgan fingerprint density at radius 2 is 2.17 bits per heavy atom. The Hall–Kier alpha value is -1.91. The number of carbonyl (C=O) groups is 1. The molecule has 0 aliphatic heterocycles. The van der Waals surface area contributed by atoms with E-state index in [1.165, 1.54) is 12.8 Å². The first-order valence-corrected chi connectivity index (χ1v) is 6.41. The molecule has 5 nitrogen and oxygen atoms in total. The minimum atomic E-state index is 0.153. The van der Waals surface area contributed by atoms with Crippen LogP contribution in [0.4, 0.5) is 0 Å². The lowest BCUT2D eigenvalue weighted by Gasteiger charge is -2.09. The van der Waals surface area contributed by atoms with E-state index in [1.54, 1.807) is 0 Å². The van der Waals surface area contributed by atoms with Gasteiger partial charge in [-0.15, -0.1) is 10.2 Å². The van der Waals surface area contributed by atoms with E-state index >= 15 is 0 Å². The van der Waals surface area contributed by atoms with Crippen LogP contribution < -0.4 is 5.32 Å². The highest BCUT2D eigenvalue weighted by Gasteiger charge is 2.22. The summed E-state index contributed by atoms with van der Waals surface area (Å²) in [4.78, 5) is 11.9. The van der Waals surface area contributed by atoms with E-state index < -0.39 is 0 Å². The smallest absolute Gasteiger partial charge is 0.223 e. The van der Waals surface area contributed by atoms with E-state index in [-0.39, 0.29) is 11.8 Å². The molecule has 1 N–H and O–H groups in total. The molecule has 0 radical (unpaired) electrons. The van der Waals surface area contributed by atoms with Gasteiger partial charge in [-0.25, -0.2) is 0 Å². The number of pyridine rings is 1. The van der Waals surface area contributed by atoms with Crippen molar-refractivity contribution in [3.05, 3.63) is 30.2 Å². The van der Waals surface area contributed by atoms with E-state index in [9.17, 15) is 4.79 Å². The molecular weight excluding hydrogens is 228 g/mol. The van der Waals surface area contributed by atoms with Crippen molar-refractivity contribution in [3.8, 4) is 0 Å². The molecule has 0 bridgehead atoms. The average Bonchev–Trinajstić information content (AvgIpc) is 3.06. The Balaban J connectivity index is 1.67. The molecule has 0 aromatic carbocycles. The van der Waals surface area contributed by atoms with Gasteiger partial charge < -0.3 is 5.32 Å². The van der Waals surface area contributed by atoms with E-state index in [2.05, 4.69) is 15.5 Å². The van der Waals surface area contributed by atoms with Crippen LogP contribution in [0.15, 0.2) is 24.4 Å². The van der Waals surface area contributed by atoms with Gasteiger partial charge in [0.05, 0.1) is 6.54 Å². The molecule has 3 rings (SSSR count). The average molecular weight is 244 g/mol. The zero-order valence-corrected chi connectivity index (χ0v) is 10.2. The quantitative estimate of drug-likeness (QED) is 0.890. The molecule has 1 aliphatic rings. The topological polar surface area (TPSA) is 59.3 Å². The fourth-order valence-electron chi connectivity index (χ4n) is 2.51. The normalized spacial score (nSPS) is 16.2. The molecule has 2 heterocycles. The Labute approximate surface area is 105 Å². The molecule has 5 heteroatoms. The number of hydrogen-bond donors (Lipinski definition) is 1. The number of carbonyl (C=O) groups excluding carboxylic acids is 1. The summed E-state index contributed by atoms with van der Waals surface area (Å²) in [7, 11) is 0. The summed E-state index contributed by atoms with van der Waals surface area (Å²) in [6, 6.07) is 5.75. The molecule has 1 aliphatic carbocycles. The highest BCUT2D eigenvalue weighted by molar-refractivity contribution is 5.78. The number of fused-ring (bicyclic) bond motifs is 1. The van der Waals surface area contributed by atoms with Crippen molar-refractivity contribution < 1.29 is 4.79 Å². The Kier molecular flexibility index (Phi) is 2.96. The van der Waals surface area contributed by atoms with Gasteiger partial charge in [0.15, 0.2) is 11.5 Å². The predicted octanol–water partition coefficient (Wildman–Crippen LogP) is 1.54. The van der Waals surface area contributed by atoms with Crippen molar-refractivity contribution in [2.75, 3.05) is 0 Å². The molecule has 1 saturated carbocycles. The number of hydrogen-bond acceptors (Lipinski definition) is 3. The molecule has 0 atom stereocenters. The maximum atomic E-state index is 11.9. The molecule has 0 saturated heterocycles. The molecular formula is C13H16N4O. The summed E-state index contributed by atoms with van der Waals surface area (Å²) >= 11 is 0. The third-order valence-corrected chi connectivity index (χ3v) is 3.53. The van der Waals surface area contributed by atoms with Crippen molar-refractivity contribution in [2.45, 2.75) is 32.2 Å². The second kappa shape index (κ2) is 4.76. The van der Waals surface area contributed by atoms with Crippen LogP contribution in [0.2, 0.25) is 0 Å². The molecule has 1 fully saturated rings. The maximum absolute atomic E-state index is 11.9. The first-order valence-electron chi connectivity index (χ1n) is 6.41. The van der Waals surface area contributed by atoms with Gasteiger partial charge in [0.1, 0.15) is 0 Å². The van der Waals surface area contributed by atoms with Gasteiger partial charge >= 0.3 is 0 Å². The summed E-state index contributed by atoms with van der Waals surface area (Å²) in [5.74, 6) is 1.13. The van der Waals surface area contributed by atoms with Crippen LogP contribution in [-0.4, -0.2) is 20.5 Å². The van der Waals surface area contributed by atoms with Crippen molar-refractivity contribution in [2.24, 2.45) is 5.92 Å². The lowest BCUT2D eigenvalue weighted by molar-refractivity contribution is -0.125. The van der Waals surface area contributed by atoms with Crippen molar-refractivity contribution >= 4 is 11.6 Å². The Morgan fingerprint density at radius 1 is 1.33 bits per heavy atom. The van der Waals surface area contributed by atoms with E-state index in [4.69, 9.17) is 0 Å². The number of rotatable bonds is 3. The first-order chi connectivity index (χ1) is 8.84. The van der Waals surface area contributed by atoms with Gasteiger partial charge in [-0.2, -0.15) is 0 Å². The van der Waals surface area contributed by atoms with Crippen LogP contribution >= 0.6 is 0 Å². The summed E-state index contributed by atoms with van der Waals surface area (Å²) in [5, 5.41) is 11.1. The number of amides is 1. The highest BCUT2D eigenvalue weighted by Crippen LogP contribution is 2.24. The van der Waals surface area contributed by atoms with Gasteiger partial charge in [-0.3, -0.25) is 9.20 Å². The lowest BCUT2D eigenvalue weighted by Crippen LogP contribution is -2.29. The van der Waals surface area contributed by atoms with Crippen LogP contribution in [0.5, 0.6) is 0 Å². The Morgan fingerprint density at radius 3 is 3.00 bits per heavy atom. The van der Waals surface area contributed by atoms with Gasteiger partial charge in [0.2, 0.25) is 5.91 Å². The number of nitrogens with one attached hydrogen (secondary N) is 1. The standard InChI is InChI=1S/C13H16N4O/c18-13(10-5-1-2-6-10)14-9-12-16-15-11-7-3-4-8-17(11)12/h3-4,7-8,10H,1-2,5-6,9H2,(H,14,18). The van der Waals surface area contributed by atoms with Crippen LogP contribution in [0.25, 0.3) is 5.65 Å². The van der Waals surface area contributed by atoms with E-state index in [0.29, 0.717) is 6.54 Å².